The minimum absolute atomic E-state index is 0.207. The van der Waals surface area contributed by atoms with E-state index in [1.165, 1.54) is 14.2 Å². The molecule has 0 spiro atoms. The van der Waals surface area contributed by atoms with Crippen LogP contribution in [0.4, 0.5) is 0 Å². The van der Waals surface area contributed by atoms with Crippen LogP contribution in [0.15, 0.2) is 18.2 Å². The predicted octanol–water partition coefficient (Wildman–Crippen LogP) is 1.78. The van der Waals surface area contributed by atoms with Crippen LogP contribution in [-0.2, 0) is 0 Å². The summed E-state index contributed by atoms with van der Waals surface area (Å²) in [7, 11) is 3.03. The van der Waals surface area contributed by atoms with Gasteiger partial charge in [-0.2, -0.15) is 0 Å². The van der Waals surface area contributed by atoms with Gasteiger partial charge in [0.2, 0.25) is 0 Å². The predicted molar refractivity (Wildman–Crippen MR) is 61.0 cm³/mol. The first-order valence-corrected chi connectivity index (χ1v) is 4.94. The Morgan fingerprint density at radius 2 is 2.07 bits per heavy atom. The van der Waals surface area contributed by atoms with E-state index in [1.807, 2.05) is 0 Å². The molecule has 1 rings (SSSR count). The van der Waals surface area contributed by atoms with Gasteiger partial charge in [0.05, 0.1) is 42.6 Å². The van der Waals surface area contributed by atoms with Crippen molar-refractivity contribution in [3.05, 3.63) is 23.8 Å². The minimum atomic E-state index is -0.207. The van der Waals surface area contributed by atoms with E-state index < -0.39 is 0 Å². The van der Waals surface area contributed by atoms with Crippen LogP contribution in [-0.4, -0.2) is 20.1 Å². The molecule has 0 heterocycles. The molecule has 76 valence electrons. The molecule has 0 saturated carbocycles. The van der Waals surface area contributed by atoms with Crippen molar-refractivity contribution in [3.8, 4) is 11.5 Å². The molecule has 1 aromatic carbocycles. The van der Waals surface area contributed by atoms with Crippen molar-refractivity contribution in [3.63, 3.8) is 0 Å². The lowest BCUT2D eigenvalue weighted by Gasteiger charge is -2.10. The Morgan fingerprint density at radius 3 is 2.57 bits per heavy atom. The number of halogens is 1. The molecule has 1 aromatic rings. The van der Waals surface area contributed by atoms with Crippen molar-refractivity contribution in [2.75, 3.05) is 14.2 Å². The van der Waals surface area contributed by atoms with Gasteiger partial charge >= 0.3 is 0 Å². The zero-order valence-corrected chi connectivity index (χ0v) is 9.99. The number of carbonyl (C=O) groups excluding carboxylic acids is 1. The lowest BCUT2D eigenvalue weighted by Crippen LogP contribution is -2.13. The molecule has 0 radical (unpaired) electrons. The fraction of sp³-hybridized carbons (Fsp3) is 0.222. The highest BCUT2D eigenvalue weighted by Crippen LogP contribution is 2.30. The number of methoxy groups -OCH3 is 2. The first-order valence-electron chi connectivity index (χ1n) is 3.86. The Morgan fingerprint density at radius 1 is 1.36 bits per heavy atom. The number of hydrogen-bond donors (Lipinski definition) is 1. The number of benzene rings is 1. The molecule has 5 heteroatoms. The van der Waals surface area contributed by atoms with Crippen LogP contribution >= 0.6 is 22.9 Å². The van der Waals surface area contributed by atoms with E-state index in [4.69, 9.17) is 9.47 Å². The summed E-state index contributed by atoms with van der Waals surface area (Å²) in [5.74, 6) is 0.788. The number of nitrogens with one attached hydrogen (secondary N) is 1. The number of para-hydroxylation sites is 1. The molecule has 14 heavy (non-hydrogen) atoms. The molecule has 0 bridgehead atoms. The molecule has 0 atom stereocenters. The van der Waals surface area contributed by atoms with Gasteiger partial charge in [-0.3, -0.25) is 8.32 Å². The lowest BCUT2D eigenvalue weighted by molar-refractivity contribution is 0.0986. The number of ether oxygens (including phenoxy) is 2. The first kappa shape index (κ1) is 11.1. The molecule has 0 fully saturated rings. The van der Waals surface area contributed by atoms with Crippen LogP contribution in [0.5, 0.6) is 11.5 Å². The van der Waals surface area contributed by atoms with E-state index in [2.05, 4.69) is 3.53 Å². The van der Waals surface area contributed by atoms with Gasteiger partial charge in [-0.05, 0) is 12.1 Å². The minimum Gasteiger partial charge on any atom is -0.493 e. The van der Waals surface area contributed by atoms with Crippen LogP contribution in [0.25, 0.3) is 0 Å². The maximum absolute atomic E-state index is 11.4. The average molecular weight is 307 g/mol. The quantitative estimate of drug-likeness (QED) is 0.684. The SMILES string of the molecule is COc1cccc(C(=O)NI)c1OC. The summed E-state index contributed by atoms with van der Waals surface area (Å²) in [5.41, 5.74) is 0.459. The molecule has 0 unspecified atom stereocenters. The van der Waals surface area contributed by atoms with Crippen molar-refractivity contribution in [2.24, 2.45) is 0 Å². The van der Waals surface area contributed by atoms with Crippen molar-refractivity contribution < 1.29 is 14.3 Å². The van der Waals surface area contributed by atoms with Crippen LogP contribution in [0.1, 0.15) is 10.4 Å². The second kappa shape index (κ2) is 5.04. The van der Waals surface area contributed by atoms with E-state index >= 15 is 0 Å². The number of amides is 1. The third-order valence-corrected chi connectivity index (χ3v) is 2.22. The highest BCUT2D eigenvalue weighted by Gasteiger charge is 2.14. The van der Waals surface area contributed by atoms with Gasteiger partial charge in [0.1, 0.15) is 0 Å². The summed E-state index contributed by atoms with van der Waals surface area (Å²) >= 11 is 1.78. The van der Waals surface area contributed by atoms with Gasteiger partial charge in [-0.15, -0.1) is 0 Å². The first-order chi connectivity index (χ1) is 6.74. The summed E-state index contributed by atoms with van der Waals surface area (Å²) in [6.07, 6.45) is 0. The highest BCUT2D eigenvalue weighted by molar-refractivity contribution is 14.1. The number of carbonyl (C=O) groups is 1. The standard InChI is InChI=1S/C9H10INO3/c1-13-7-5-3-4-6(8(7)14-2)9(12)11-10/h3-5H,1-2H3,(H,11,12). The Bertz CT molecular complexity index is 341. The maximum Gasteiger partial charge on any atom is 0.263 e. The van der Waals surface area contributed by atoms with Crippen molar-refractivity contribution in [1.29, 1.82) is 0 Å². The third-order valence-electron chi connectivity index (χ3n) is 1.73. The molecule has 0 aliphatic heterocycles. The van der Waals surface area contributed by atoms with Crippen molar-refractivity contribution in [2.45, 2.75) is 0 Å². The Labute approximate surface area is 96.1 Å². The monoisotopic (exact) mass is 307 g/mol. The fourth-order valence-electron chi connectivity index (χ4n) is 1.12. The molecule has 0 aromatic heterocycles. The summed E-state index contributed by atoms with van der Waals surface area (Å²) in [4.78, 5) is 11.4. The lowest BCUT2D eigenvalue weighted by atomic mass is 10.2. The van der Waals surface area contributed by atoms with Crippen LogP contribution in [0.3, 0.4) is 0 Å². The molecular weight excluding hydrogens is 297 g/mol. The molecular formula is C9H10INO3. The van der Waals surface area contributed by atoms with Crippen molar-refractivity contribution >= 4 is 28.8 Å². The van der Waals surface area contributed by atoms with E-state index in [1.54, 1.807) is 41.1 Å². The van der Waals surface area contributed by atoms with Gasteiger partial charge in [0, 0.05) is 0 Å². The Balaban J connectivity index is 3.21. The van der Waals surface area contributed by atoms with Crippen LogP contribution in [0.2, 0.25) is 0 Å². The van der Waals surface area contributed by atoms with Crippen LogP contribution in [0, 0.1) is 0 Å². The summed E-state index contributed by atoms with van der Waals surface area (Å²) in [5, 5.41) is 0. The molecule has 1 N–H and O–H groups in total. The summed E-state index contributed by atoms with van der Waals surface area (Å²) in [6.45, 7) is 0. The smallest absolute Gasteiger partial charge is 0.263 e. The van der Waals surface area contributed by atoms with Gasteiger partial charge in [0.15, 0.2) is 11.5 Å². The number of hydrogen-bond acceptors (Lipinski definition) is 3. The topological polar surface area (TPSA) is 47.6 Å². The zero-order chi connectivity index (χ0) is 10.6. The zero-order valence-electron chi connectivity index (χ0n) is 7.83. The van der Waals surface area contributed by atoms with Gasteiger partial charge in [0.25, 0.3) is 5.91 Å². The molecule has 0 saturated heterocycles. The molecule has 4 nitrogen and oxygen atoms in total. The number of rotatable bonds is 3. The summed E-state index contributed by atoms with van der Waals surface area (Å²) < 4.78 is 12.7. The van der Waals surface area contributed by atoms with Crippen LogP contribution < -0.4 is 13.0 Å². The fourth-order valence-corrected chi connectivity index (χ4v) is 1.41. The van der Waals surface area contributed by atoms with Gasteiger partial charge in [-0.25, -0.2) is 0 Å². The molecule has 0 aliphatic carbocycles. The third kappa shape index (κ3) is 2.09. The van der Waals surface area contributed by atoms with E-state index in [0.717, 1.165) is 0 Å². The molecule has 0 aliphatic rings. The maximum atomic E-state index is 11.4. The van der Waals surface area contributed by atoms with Crippen molar-refractivity contribution in [1.82, 2.24) is 3.53 Å². The average Bonchev–Trinajstić information content (AvgIpc) is 2.26. The largest absolute Gasteiger partial charge is 0.493 e. The Kier molecular flexibility index (Phi) is 3.99. The van der Waals surface area contributed by atoms with Gasteiger partial charge < -0.3 is 9.47 Å². The highest BCUT2D eigenvalue weighted by atomic mass is 127. The van der Waals surface area contributed by atoms with Gasteiger partial charge in [-0.1, -0.05) is 6.07 Å². The van der Waals surface area contributed by atoms with E-state index in [9.17, 15) is 4.79 Å². The van der Waals surface area contributed by atoms with E-state index in [0.29, 0.717) is 17.1 Å². The molecule has 1 amide bonds. The normalized spacial score (nSPS) is 9.36. The summed E-state index contributed by atoms with van der Waals surface area (Å²) in [6, 6.07) is 5.15. The second-order valence-electron chi connectivity index (χ2n) is 2.46. The second-order valence-corrected chi connectivity index (χ2v) is 3.00. The Hall–Kier alpha value is -0.980. The van der Waals surface area contributed by atoms with E-state index in [-0.39, 0.29) is 5.91 Å².